The van der Waals surface area contributed by atoms with Gasteiger partial charge in [-0.2, -0.15) is 13.2 Å². The highest BCUT2D eigenvalue weighted by Gasteiger charge is 2.31. The van der Waals surface area contributed by atoms with Gasteiger partial charge in [-0.1, -0.05) is 0 Å². The van der Waals surface area contributed by atoms with Gasteiger partial charge < -0.3 is 14.8 Å². The van der Waals surface area contributed by atoms with Crippen molar-refractivity contribution < 1.29 is 18.0 Å². The second-order valence-electron chi connectivity index (χ2n) is 4.98. The van der Waals surface area contributed by atoms with Gasteiger partial charge in [-0.05, 0) is 32.3 Å². The van der Waals surface area contributed by atoms with E-state index >= 15 is 0 Å². The number of amides is 1. The molecule has 22 heavy (non-hydrogen) atoms. The molecule has 118 valence electrons. The van der Waals surface area contributed by atoms with Crippen LogP contribution in [0.4, 0.5) is 18.9 Å². The van der Waals surface area contributed by atoms with Crippen molar-refractivity contribution in [3.8, 4) is 5.69 Å². The third-order valence-corrected chi connectivity index (χ3v) is 2.92. The predicted octanol–water partition coefficient (Wildman–Crippen LogP) is 2.52. The van der Waals surface area contributed by atoms with Crippen molar-refractivity contribution in [3.63, 3.8) is 0 Å². The fraction of sp³-hybridized carbons (Fsp3) is 0.286. The Morgan fingerprint density at radius 2 is 2.05 bits per heavy atom. The van der Waals surface area contributed by atoms with E-state index in [1.54, 1.807) is 10.8 Å². The molecule has 0 saturated carbocycles. The largest absolute Gasteiger partial charge is 0.416 e. The minimum atomic E-state index is -4.50. The summed E-state index contributed by atoms with van der Waals surface area (Å²) in [6.45, 7) is 0.472. The Balaban J connectivity index is 2.52. The summed E-state index contributed by atoms with van der Waals surface area (Å²) >= 11 is 0. The molecule has 1 aromatic carbocycles. The van der Waals surface area contributed by atoms with Crippen molar-refractivity contribution in [2.45, 2.75) is 12.7 Å². The fourth-order valence-corrected chi connectivity index (χ4v) is 2.03. The first-order valence-corrected chi connectivity index (χ1v) is 6.41. The molecule has 1 N–H and O–H groups in total. The number of halogens is 3. The monoisotopic (exact) mass is 312 g/mol. The van der Waals surface area contributed by atoms with E-state index in [0.717, 1.165) is 12.1 Å². The number of aromatic nitrogens is 2. The summed E-state index contributed by atoms with van der Waals surface area (Å²) in [5, 5.41) is 2.26. The third-order valence-electron chi connectivity index (χ3n) is 2.92. The zero-order valence-corrected chi connectivity index (χ0v) is 12.1. The van der Waals surface area contributed by atoms with Crippen molar-refractivity contribution in [2.75, 3.05) is 19.4 Å². The van der Waals surface area contributed by atoms with E-state index in [0.29, 0.717) is 18.8 Å². The summed E-state index contributed by atoms with van der Waals surface area (Å²) in [7, 11) is 3.68. The Kier molecular flexibility index (Phi) is 4.51. The van der Waals surface area contributed by atoms with Gasteiger partial charge in [0.25, 0.3) is 0 Å². The van der Waals surface area contributed by atoms with Crippen molar-refractivity contribution in [1.29, 1.82) is 0 Å². The molecule has 0 spiro atoms. The van der Waals surface area contributed by atoms with Gasteiger partial charge in [-0.15, -0.1) is 0 Å². The molecule has 0 unspecified atom stereocenters. The van der Waals surface area contributed by atoms with Crippen LogP contribution in [-0.4, -0.2) is 35.0 Å². The van der Waals surface area contributed by atoms with Gasteiger partial charge in [0.2, 0.25) is 6.41 Å². The smallest absolute Gasteiger partial charge is 0.329 e. The van der Waals surface area contributed by atoms with Crippen molar-refractivity contribution in [3.05, 3.63) is 42.0 Å². The lowest BCUT2D eigenvalue weighted by Crippen LogP contribution is -2.15. The number of anilines is 1. The Morgan fingerprint density at radius 3 is 2.64 bits per heavy atom. The number of rotatable bonds is 5. The van der Waals surface area contributed by atoms with Crippen LogP contribution in [0, 0.1) is 0 Å². The van der Waals surface area contributed by atoms with Gasteiger partial charge in [0, 0.05) is 23.8 Å². The maximum Gasteiger partial charge on any atom is 0.416 e. The molecule has 1 aromatic heterocycles. The summed E-state index contributed by atoms with van der Waals surface area (Å²) < 4.78 is 40.5. The average molecular weight is 312 g/mol. The van der Waals surface area contributed by atoms with Crippen LogP contribution >= 0.6 is 0 Å². The van der Waals surface area contributed by atoms with Crippen LogP contribution in [0.25, 0.3) is 5.69 Å². The van der Waals surface area contributed by atoms with Gasteiger partial charge in [0.1, 0.15) is 5.82 Å². The summed E-state index contributed by atoms with van der Waals surface area (Å²) in [5.41, 5.74) is -0.475. The van der Waals surface area contributed by atoms with Crippen LogP contribution in [-0.2, 0) is 17.5 Å². The summed E-state index contributed by atoms with van der Waals surface area (Å²) in [6, 6.07) is 3.38. The molecule has 0 aliphatic carbocycles. The van der Waals surface area contributed by atoms with E-state index in [9.17, 15) is 18.0 Å². The van der Waals surface area contributed by atoms with E-state index in [4.69, 9.17) is 0 Å². The van der Waals surface area contributed by atoms with E-state index in [-0.39, 0.29) is 11.4 Å². The second kappa shape index (κ2) is 6.18. The van der Waals surface area contributed by atoms with E-state index in [1.807, 2.05) is 19.0 Å². The zero-order valence-electron chi connectivity index (χ0n) is 12.1. The Labute approximate surface area is 125 Å². The molecule has 1 heterocycles. The minimum absolute atomic E-state index is 0.0735. The highest BCUT2D eigenvalue weighted by Crippen LogP contribution is 2.33. The SMILES string of the molecule is CN(C)Cc1nccn1-c1cc(NC=O)cc(C(F)(F)F)c1. The van der Waals surface area contributed by atoms with Crippen LogP contribution in [0.1, 0.15) is 11.4 Å². The lowest BCUT2D eigenvalue weighted by Gasteiger charge is -2.15. The van der Waals surface area contributed by atoms with Crippen LogP contribution in [0.2, 0.25) is 0 Å². The highest BCUT2D eigenvalue weighted by atomic mass is 19.4. The maximum absolute atomic E-state index is 13.0. The fourth-order valence-electron chi connectivity index (χ4n) is 2.03. The lowest BCUT2D eigenvalue weighted by atomic mass is 10.1. The number of hydrogen-bond donors (Lipinski definition) is 1. The number of nitrogens with zero attached hydrogens (tertiary/aromatic N) is 3. The molecule has 2 rings (SSSR count). The van der Waals surface area contributed by atoms with E-state index in [2.05, 4.69) is 10.3 Å². The number of nitrogens with one attached hydrogen (secondary N) is 1. The molecule has 8 heteroatoms. The average Bonchev–Trinajstić information content (AvgIpc) is 2.85. The summed E-state index contributed by atoms with van der Waals surface area (Å²) in [6.07, 6.45) is -1.06. The first kappa shape index (κ1) is 16.0. The molecule has 0 atom stereocenters. The van der Waals surface area contributed by atoms with Crippen LogP contribution < -0.4 is 5.32 Å². The van der Waals surface area contributed by atoms with Crippen molar-refractivity contribution in [2.24, 2.45) is 0 Å². The highest BCUT2D eigenvalue weighted by molar-refractivity contribution is 5.73. The van der Waals surface area contributed by atoms with Crippen LogP contribution in [0.3, 0.4) is 0 Å². The Hall–Kier alpha value is -2.35. The number of imidazole rings is 1. The third kappa shape index (κ3) is 3.64. The molecule has 0 saturated heterocycles. The van der Waals surface area contributed by atoms with E-state index < -0.39 is 11.7 Å². The Morgan fingerprint density at radius 1 is 1.32 bits per heavy atom. The number of carbonyl (C=O) groups excluding carboxylic acids is 1. The zero-order chi connectivity index (χ0) is 16.3. The van der Waals surface area contributed by atoms with Crippen LogP contribution in [0.5, 0.6) is 0 Å². The quantitative estimate of drug-likeness (QED) is 0.863. The second-order valence-corrected chi connectivity index (χ2v) is 4.98. The standard InChI is InChI=1S/C14H15F3N4O/c1-20(2)8-13-18-3-4-21(13)12-6-10(14(15,16)17)5-11(7-12)19-9-22/h3-7,9H,8H2,1-2H3,(H,19,22). The first-order chi connectivity index (χ1) is 10.3. The van der Waals surface area contributed by atoms with Gasteiger partial charge in [0.15, 0.2) is 0 Å². The maximum atomic E-state index is 13.0. The molecule has 0 aliphatic heterocycles. The minimum Gasteiger partial charge on any atom is -0.329 e. The van der Waals surface area contributed by atoms with Crippen LogP contribution in [0.15, 0.2) is 30.6 Å². The summed E-state index contributed by atoms with van der Waals surface area (Å²) in [4.78, 5) is 16.5. The topological polar surface area (TPSA) is 50.2 Å². The van der Waals surface area contributed by atoms with Gasteiger partial charge in [0.05, 0.1) is 12.1 Å². The molecule has 0 aliphatic rings. The molecule has 0 bridgehead atoms. The van der Waals surface area contributed by atoms with Gasteiger partial charge in [-0.3, -0.25) is 4.79 Å². The normalized spacial score (nSPS) is 11.7. The number of carbonyl (C=O) groups is 1. The van der Waals surface area contributed by atoms with Crippen molar-refractivity contribution >= 4 is 12.1 Å². The summed E-state index contributed by atoms with van der Waals surface area (Å²) in [5.74, 6) is 0.598. The van der Waals surface area contributed by atoms with Gasteiger partial charge >= 0.3 is 6.18 Å². The molecule has 5 nitrogen and oxygen atoms in total. The molecular weight excluding hydrogens is 297 g/mol. The lowest BCUT2D eigenvalue weighted by molar-refractivity contribution is -0.137. The number of hydrogen-bond acceptors (Lipinski definition) is 3. The molecule has 2 aromatic rings. The molecule has 1 amide bonds. The van der Waals surface area contributed by atoms with Gasteiger partial charge in [-0.25, -0.2) is 4.98 Å². The number of alkyl halides is 3. The molecular formula is C14H15F3N4O. The molecule has 0 radical (unpaired) electrons. The number of benzene rings is 1. The van der Waals surface area contributed by atoms with E-state index in [1.165, 1.54) is 12.3 Å². The Bertz CT molecular complexity index is 664. The molecule has 0 fully saturated rings. The predicted molar refractivity (Wildman–Crippen MR) is 75.6 cm³/mol. The first-order valence-electron chi connectivity index (χ1n) is 6.41. The van der Waals surface area contributed by atoms with Crippen molar-refractivity contribution in [1.82, 2.24) is 14.5 Å².